The number of hydrogen-bond acceptors (Lipinski definition) is 3. The number of allylic oxidation sites excluding steroid dienone is 4. The van der Waals surface area contributed by atoms with E-state index in [0.29, 0.717) is 10.9 Å². The molecule has 1 aliphatic heterocycles. The molecule has 2 aromatic carbocycles. The van der Waals surface area contributed by atoms with Crippen LogP contribution in [-0.4, -0.2) is 21.4 Å². The highest BCUT2D eigenvalue weighted by molar-refractivity contribution is 6.30. The highest BCUT2D eigenvalue weighted by Gasteiger charge is 2.22. The molecule has 2 unspecified atom stereocenters. The summed E-state index contributed by atoms with van der Waals surface area (Å²) in [5.41, 5.74) is 8.31. The largest absolute Gasteiger partial charge is 0.278 e. The lowest BCUT2D eigenvalue weighted by Gasteiger charge is -2.21. The molecule has 4 nitrogen and oxygen atoms in total. The Kier molecular flexibility index (Phi) is 4.73. The van der Waals surface area contributed by atoms with Crippen LogP contribution in [0.5, 0.6) is 0 Å². The SMILES string of the molecule is Clc1ccc(CC2C=CC=C2c2ccc3c(c2)CC(c2ccc4cn[nH]c4c2)C=N3)nc1. The summed E-state index contributed by atoms with van der Waals surface area (Å²) in [6, 6.07) is 17.1. The van der Waals surface area contributed by atoms with E-state index >= 15 is 0 Å². The zero-order valence-corrected chi connectivity index (χ0v) is 18.1. The number of H-pyrrole nitrogens is 1. The molecule has 6 rings (SSSR count). The van der Waals surface area contributed by atoms with Crippen molar-refractivity contribution < 1.29 is 0 Å². The Hall–Kier alpha value is -3.50. The molecule has 5 heteroatoms. The molecule has 0 fully saturated rings. The van der Waals surface area contributed by atoms with Gasteiger partial charge in [0.05, 0.1) is 22.4 Å². The number of nitrogens with zero attached hydrogens (tertiary/aromatic N) is 3. The van der Waals surface area contributed by atoms with Crippen molar-refractivity contribution in [1.29, 1.82) is 0 Å². The Labute approximate surface area is 191 Å². The normalized spacial score (nSPS) is 19.3. The standard InChI is InChI=1S/C27H21ClN4/c28-23-7-8-24(29-16-23)12-18-2-1-3-25(18)19-6-9-26-21(10-19)11-22(14-30-26)17-4-5-20-15-31-32-27(20)13-17/h1-10,13-16,18,22H,11-12H2,(H,31,32). The Morgan fingerprint density at radius 1 is 1.03 bits per heavy atom. The molecule has 156 valence electrons. The second-order valence-electron chi connectivity index (χ2n) is 8.43. The van der Waals surface area contributed by atoms with E-state index in [4.69, 9.17) is 16.6 Å². The third-order valence-electron chi connectivity index (χ3n) is 6.38. The zero-order valence-electron chi connectivity index (χ0n) is 17.4. The summed E-state index contributed by atoms with van der Waals surface area (Å²) in [4.78, 5) is 9.25. The van der Waals surface area contributed by atoms with Gasteiger partial charge in [0.15, 0.2) is 0 Å². The van der Waals surface area contributed by atoms with Crippen molar-refractivity contribution in [1.82, 2.24) is 15.2 Å². The van der Waals surface area contributed by atoms with Gasteiger partial charge in [0.25, 0.3) is 0 Å². The minimum Gasteiger partial charge on any atom is -0.278 e. The average Bonchev–Trinajstić information content (AvgIpc) is 3.49. The summed E-state index contributed by atoms with van der Waals surface area (Å²) in [5.74, 6) is 0.572. The van der Waals surface area contributed by atoms with Crippen molar-refractivity contribution in [3.63, 3.8) is 0 Å². The van der Waals surface area contributed by atoms with Crippen LogP contribution in [0, 0.1) is 5.92 Å². The quantitative estimate of drug-likeness (QED) is 0.398. The van der Waals surface area contributed by atoms with Crippen LogP contribution in [0.1, 0.15) is 28.3 Å². The Balaban J connectivity index is 1.25. The highest BCUT2D eigenvalue weighted by atomic mass is 35.5. The molecular formula is C27H21ClN4. The average molecular weight is 437 g/mol. The molecule has 2 aromatic heterocycles. The van der Waals surface area contributed by atoms with Gasteiger partial charge in [0.1, 0.15) is 0 Å². The van der Waals surface area contributed by atoms with Crippen LogP contribution < -0.4 is 0 Å². The molecule has 0 saturated heterocycles. The van der Waals surface area contributed by atoms with E-state index in [1.807, 2.05) is 18.3 Å². The predicted octanol–water partition coefficient (Wildman–Crippen LogP) is 6.47. The van der Waals surface area contributed by atoms with Crippen molar-refractivity contribution in [2.75, 3.05) is 0 Å². The maximum atomic E-state index is 6.00. The number of hydrogen-bond donors (Lipinski definition) is 1. The molecule has 1 aliphatic carbocycles. The van der Waals surface area contributed by atoms with Crippen molar-refractivity contribution in [2.24, 2.45) is 10.9 Å². The lowest BCUT2D eigenvalue weighted by atomic mass is 9.86. The van der Waals surface area contributed by atoms with E-state index in [1.54, 1.807) is 6.20 Å². The summed E-state index contributed by atoms with van der Waals surface area (Å²) in [7, 11) is 0. The fraction of sp³-hybridized carbons (Fsp3) is 0.148. The molecule has 3 heterocycles. The monoisotopic (exact) mass is 436 g/mol. The molecule has 0 spiro atoms. The maximum Gasteiger partial charge on any atom is 0.0658 e. The van der Waals surface area contributed by atoms with Crippen LogP contribution in [0.3, 0.4) is 0 Å². The van der Waals surface area contributed by atoms with Crippen LogP contribution in [0.4, 0.5) is 5.69 Å². The second kappa shape index (κ2) is 7.88. The number of nitrogens with one attached hydrogen (secondary N) is 1. The number of rotatable bonds is 4. The van der Waals surface area contributed by atoms with Gasteiger partial charge in [-0.25, -0.2) is 0 Å². The van der Waals surface area contributed by atoms with E-state index in [1.165, 1.54) is 22.3 Å². The summed E-state index contributed by atoms with van der Waals surface area (Å²) in [6.45, 7) is 0. The predicted molar refractivity (Wildman–Crippen MR) is 131 cm³/mol. The summed E-state index contributed by atoms with van der Waals surface area (Å²) in [5, 5.41) is 9.01. The third-order valence-corrected chi connectivity index (χ3v) is 6.60. The first-order valence-electron chi connectivity index (χ1n) is 10.8. The van der Waals surface area contributed by atoms with Gasteiger partial charge in [0, 0.05) is 41.7 Å². The van der Waals surface area contributed by atoms with Gasteiger partial charge in [-0.05, 0) is 59.0 Å². The smallest absolute Gasteiger partial charge is 0.0658 e. The van der Waals surface area contributed by atoms with Crippen molar-refractivity contribution in [2.45, 2.75) is 18.8 Å². The first-order chi connectivity index (χ1) is 15.7. The minimum atomic E-state index is 0.259. The number of pyridine rings is 1. The van der Waals surface area contributed by atoms with E-state index in [0.717, 1.165) is 35.1 Å². The fourth-order valence-corrected chi connectivity index (χ4v) is 4.78. The van der Waals surface area contributed by atoms with Gasteiger partial charge in [-0.15, -0.1) is 0 Å². The van der Waals surface area contributed by atoms with E-state index in [9.17, 15) is 0 Å². The van der Waals surface area contributed by atoms with Gasteiger partial charge in [-0.2, -0.15) is 5.10 Å². The third kappa shape index (κ3) is 3.57. The van der Waals surface area contributed by atoms with Crippen LogP contribution in [0.2, 0.25) is 5.02 Å². The lowest BCUT2D eigenvalue weighted by molar-refractivity contribution is 0.806. The molecule has 1 N–H and O–H groups in total. The van der Waals surface area contributed by atoms with Gasteiger partial charge in [-0.3, -0.25) is 15.1 Å². The first-order valence-corrected chi connectivity index (χ1v) is 11.2. The number of aromatic nitrogens is 3. The molecule has 2 atom stereocenters. The summed E-state index contributed by atoms with van der Waals surface area (Å²) >= 11 is 6.00. The van der Waals surface area contributed by atoms with E-state index in [2.05, 4.69) is 76.0 Å². The van der Waals surface area contributed by atoms with Crippen molar-refractivity contribution in [3.05, 3.63) is 107 Å². The maximum absolute atomic E-state index is 6.00. The van der Waals surface area contributed by atoms with Gasteiger partial charge >= 0.3 is 0 Å². The summed E-state index contributed by atoms with van der Waals surface area (Å²) in [6.07, 6.45) is 14.1. The number of aliphatic imine (C=N–C) groups is 1. The molecule has 0 radical (unpaired) electrons. The molecule has 0 bridgehead atoms. The molecule has 2 aliphatic rings. The molecule has 0 saturated carbocycles. The Bertz CT molecular complexity index is 1390. The van der Waals surface area contributed by atoms with E-state index < -0.39 is 0 Å². The molecule has 32 heavy (non-hydrogen) atoms. The fourth-order valence-electron chi connectivity index (χ4n) is 4.67. The van der Waals surface area contributed by atoms with Gasteiger partial charge in [-0.1, -0.05) is 48.0 Å². The molecule has 4 aromatic rings. The molecular weight excluding hydrogens is 416 g/mol. The highest BCUT2D eigenvalue weighted by Crippen LogP contribution is 2.37. The summed E-state index contributed by atoms with van der Waals surface area (Å²) < 4.78 is 0. The van der Waals surface area contributed by atoms with Crippen LogP contribution in [0.25, 0.3) is 16.5 Å². The van der Waals surface area contributed by atoms with Crippen LogP contribution in [-0.2, 0) is 12.8 Å². The van der Waals surface area contributed by atoms with Gasteiger partial charge < -0.3 is 0 Å². The number of aromatic amines is 1. The Morgan fingerprint density at radius 3 is 2.91 bits per heavy atom. The number of benzene rings is 2. The number of fused-ring (bicyclic) bond motifs is 2. The second-order valence-corrected chi connectivity index (χ2v) is 8.87. The minimum absolute atomic E-state index is 0.259. The van der Waals surface area contributed by atoms with Crippen molar-refractivity contribution >= 4 is 40.0 Å². The first kappa shape index (κ1) is 19.2. The Morgan fingerprint density at radius 2 is 2.00 bits per heavy atom. The number of halogens is 1. The van der Waals surface area contributed by atoms with E-state index in [-0.39, 0.29) is 5.92 Å². The van der Waals surface area contributed by atoms with Crippen LogP contribution >= 0.6 is 11.6 Å². The van der Waals surface area contributed by atoms with Crippen molar-refractivity contribution in [3.8, 4) is 0 Å². The lowest BCUT2D eigenvalue weighted by Crippen LogP contribution is -2.09. The topological polar surface area (TPSA) is 53.9 Å². The van der Waals surface area contributed by atoms with Crippen LogP contribution in [0.15, 0.2) is 84.1 Å². The zero-order chi connectivity index (χ0) is 21.5. The van der Waals surface area contributed by atoms with Gasteiger partial charge in [0.2, 0.25) is 0 Å². The molecule has 0 amide bonds.